The molecule has 3 nitrogen and oxygen atoms in total. The minimum atomic E-state index is 0.500. The first-order valence-electron chi connectivity index (χ1n) is 6.89. The van der Waals surface area contributed by atoms with Crippen molar-refractivity contribution in [1.29, 1.82) is 0 Å². The quantitative estimate of drug-likeness (QED) is 0.902. The number of nitrogens with zero attached hydrogens (tertiary/aromatic N) is 2. The molecule has 19 heavy (non-hydrogen) atoms. The number of hydrogen-bond acceptors (Lipinski definition) is 4. The Morgan fingerprint density at radius 2 is 2.26 bits per heavy atom. The predicted molar refractivity (Wildman–Crippen MR) is 87.1 cm³/mol. The van der Waals surface area contributed by atoms with Gasteiger partial charge in [-0.3, -0.25) is 0 Å². The van der Waals surface area contributed by atoms with Gasteiger partial charge < -0.3 is 15.1 Å². The van der Waals surface area contributed by atoms with Crippen molar-refractivity contribution < 1.29 is 0 Å². The number of likely N-dealkylation sites (N-methyl/N-ethyl adjacent to an activating group) is 3. The van der Waals surface area contributed by atoms with Crippen LogP contribution >= 0.6 is 27.3 Å². The summed E-state index contributed by atoms with van der Waals surface area (Å²) >= 11 is 5.49. The van der Waals surface area contributed by atoms with Crippen molar-refractivity contribution in [3.8, 4) is 0 Å². The maximum absolute atomic E-state index is 3.65. The summed E-state index contributed by atoms with van der Waals surface area (Å²) in [6.07, 6.45) is 2.36. The summed E-state index contributed by atoms with van der Waals surface area (Å²) in [4.78, 5) is 6.42. The Hall–Kier alpha value is 0.0600. The Kier molecular flexibility index (Phi) is 5.84. The average molecular weight is 346 g/mol. The molecule has 1 aliphatic heterocycles. The van der Waals surface area contributed by atoms with Crippen molar-refractivity contribution in [2.24, 2.45) is 0 Å². The fourth-order valence-electron chi connectivity index (χ4n) is 2.84. The molecule has 0 aromatic carbocycles. The molecule has 108 valence electrons. The molecule has 1 aromatic rings. The monoisotopic (exact) mass is 345 g/mol. The first-order chi connectivity index (χ1) is 9.11. The molecule has 0 bridgehead atoms. The summed E-state index contributed by atoms with van der Waals surface area (Å²) in [5.41, 5.74) is 0. The van der Waals surface area contributed by atoms with Crippen molar-refractivity contribution in [2.75, 3.05) is 40.8 Å². The molecule has 2 heterocycles. The highest BCUT2D eigenvalue weighted by Crippen LogP contribution is 2.25. The Balaban J connectivity index is 2.08. The smallest absolute Gasteiger partial charge is 0.0376 e. The molecule has 1 saturated heterocycles. The van der Waals surface area contributed by atoms with E-state index in [0.717, 1.165) is 13.0 Å². The molecule has 0 amide bonds. The summed E-state index contributed by atoms with van der Waals surface area (Å²) in [5, 5.41) is 5.70. The lowest BCUT2D eigenvalue weighted by atomic mass is 10.0. The van der Waals surface area contributed by atoms with E-state index in [0.29, 0.717) is 12.1 Å². The molecule has 0 saturated carbocycles. The van der Waals surface area contributed by atoms with Crippen molar-refractivity contribution in [2.45, 2.75) is 24.9 Å². The van der Waals surface area contributed by atoms with Gasteiger partial charge in [-0.25, -0.2) is 0 Å². The summed E-state index contributed by atoms with van der Waals surface area (Å²) < 4.78 is 1.25. The van der Waals surface area contributed by atoms with E-state index < -0.39 is 0 Å². The highest BCUT2D eigenvalue weighted by molar-refractivity contribution is 9.10. The Bertz CT molecular complexity index is 396. The lowest BCUT2D eigenvalue weighted by Crippen LogP contribution is -2.52. The van der Waals surface area contributed by atoms with Crippen LogP contribution in [-0.4, -0.2) is 62.7 Å². The normalized spacial score (nSPS) is 24.3. The van der Waals surface area contributed by atoms with Gasteiger partial charge in [-0.1, -0.05) is 0 Å². The zero-order chi connectivity index (χ0) is 13.8. The zero-order valence-corrected chi connectivity index (χ0v) is 14.4. The van der Waals surface area contributed by atoms with E-state index >= 15 is 0 Å². The second-order valence-electron chi connectivity index (χ2n) is 5.45. The number of thiophene rings is 1. The van der Waals surface area contributed by atoms with Crippen LogP contribution in [0.15, 0.2) is 15.9 Å². The minimum Gasteiger partial charge on any atom is -0.315 e. The van der Waals surface area contributed by atoms with Crippen LogP contribution in [0.4, 0.5) is 0 Å². The van der Waals surface area contributed by atoms with Crippen LogP contribution in [0.1, 0.15) is 11.3 Å². The van der Waals surface area contributed by atoms with Crippen molar-refractivity contribution in [3.63, 3.8) is 0 Å². The summed E-state index contributed by atoms with van der Waals surface area (Å²) in [7, 11) is 6.59. The topological polar surface area (TPSA) is 18.5 Å². The van der Waals surface area contributed by atoms with E-state index in [1.807, 2.05) is 11.3 Å². The molecule has 1 aliphatic rings. The van der Waals surface area contributed by atoms with E-state index in [1.165, 1.54) is 28.9 Å². The van der Waals surface area contributed by atoms with Gasteiger partial charge in [-0.15, -0.1) is 11.3 Å². The SMILES string of the molecule is CNC(Cc1sccc1Br)C1CN(C)CCCN1C. The van der Waals surface area contributed by atoms with E-state index in [2.05, 4.69) is 63.6 Å². The van der Waals surface area contributed by atoms with Gasteiger partial charge in [-0.05, 0) is 74.5 Å². The summed E-state index contributed by atoms with van der Waals surface area (Å²) in [6, 6.07) is 3.22. The van der Waals surface area contributed by atoms with Crippen molar-refractivity contribution in [3.05, 3.63) is 20.8 Å². The van der Waals surface area contributed by atoms with E-state index in [1.54, 1.807) is 0 Å². The molecular weight excluding hydrogens is 322 g/mol. The molecule has 1 fully saturated rings. The molecule has 1 N–H and O–H groups in total. The second-order valence-corrected chi connectivity index (χ2v) is 7.31. The second kappa shape index (κ2) is 7.18. The maximum atomic E-state index is 3.65. The summed E-state index contributed by atoms with van der Waals surface area (Å²) in [5.74, 6) is 0. The van der Waals surface area contributed by atoms with Crippen LogP contribution < -0.4 is 5.32 Å². The average Bonchev–Trinajstić information content (AvgIpc) is 2.70. The van der Waals surface area contributed by atoms with E-state index in [4.69, 9.17) is 0 Å². The van der Waals surface area contributed by atoms with E-state index in [-0.39, 0.29) is 0 Å². The molecule has 2 unspecified atom stereocenters. The third-order valence-corrected chi connectivity index (χ3v) is 6.00. The fraction of sp³-hybridized carbons (Fsp3) is 0.714. The zero-order valence-electron chi connectivity index (χ0n) is 12.0. The molecule has 1 aromatic heterocycles. The van der Waals surface area contributed by atoms with Gasteiger partial charge >= 0.3 is 0 Å². The Labute approximate surface area is 129 Å². The highest BCUT2D eigenvalue weighted by atomic mass is 79.9. The van der Waals surface area contributed by atoms with Crippen LogP contribution in [0.3, 0.4) is 0 Å². The minimum absolute atomic E-state index is 0.500. The number of nitrogens with one attached hydrogen (secondary N) is 1. The first kappa shape index (κ1) is 15.4. The number of rotatable bonds is 4. The van der Waals surface area contributed by atoms with Crippen LogP contribution in [-0.2, 0) is 6.42 Å². The molecule has 0 spiro atoms. The van der Waals surface area contributed by atoms with Crippen molar-refractivity contribution >= 4 is 27.3 Å². The fourth-order valence-corrected chi connectivity index (χ4v) is 4.42. The molecule has 0 radical (unpaired) electrons. The van der Waals surface area contributed by atoms with Gasteiger partial charge in [0.2, 0.25) is 0 Å². The number of halogens is 1. The van der Waals surface area contributed by atoms with Gasteiger partial charge in [-0.2, -0.15) is 0 Å². The predicted octanol–water partition coefficient (Wildman–Crippen LogP) is 2.28. The standard InChI is InChI=1S/C14H24BrN3S/c1-16-12(9-14-11(15)5-8-19-14)13-10-17(2)6-4-7-18(13)3/h5,8,12-13,16H,4,6-7,9-10H2,1-3H3. The molecule has 2 rings (SSSR count). The Morgan fingerprint density at radius 3 is 2.89 bits per heavy atom. The Morgan fingerprint density at radius 1 is 1.47 bits per heavy atom. The molecule has 2 atom stereocenters. The molecule has 0 aliphatic carbocycles. The lowest BCUT2D eigenvalue weighted by Gasteiger charge is -2.34. The van der Waals surface area contributed by atoms with Crippen LogP contribution in [0.5, 0.6) is 0 Å². The molecule has 5 heteroatoms. The third-order valence-electron chi connectivity index (χ3n) is 4.05. The van der Waals surface area contributed by atoms with Gasteiger partial charge in [0.25, 0.3) is 0 Å². The molecular formula is C14H24BrN3S. The maximum Gasteiger partial charge on any atom is 0.0376 e. The number of hydrogen-bond donors (Lipinski definition) is 1. The lowest BCUT2D eigenvalue weighted by molar-refractivity contribution is 0.181. The van der Waals surface area contributed by atoms with Gasteiger partial charge in [0, 0.05) is 28.0 Å². The van der Waals surface area contributed by atoms with E-state index in [9.17, 15) is 0 Å². The van der Waals surface area contributed by atoms with Crippen molar-refractivity contribution in [1.82, 2.24) is 15.1 Å². The van der Waals surface area contributed by atoms with Gasteiger partial charge in [0.1, 0.15) is 0 Å². The highest BCUT2D eigenvalue weighted by Gasteiger charge is 2.28. The van der Waals surface area contributed by atoms with Crippen LogP contribution in [0, 0.1) is 0 Å². The van der Waals surface area contributed by atoms with Crippen LogP contribution in [0.2, 0.25) is 0 Å². The van der Waals surface area contributed by atoms with Gasteiger partial charge in [0.15, 0.2) is 0 Å². The largest absolute Gasteiger partial charge is 0.315 e. The van der Waals surface area contributed by atoms with Crippen LogP contribution in [0.25, 0.3) is 0 Å². The summed E-state index contributed by atoms with van der Waals surface area (Å²) in [6.45, 7) is 3.55. The van der Waals surface area contributed by atoms with Gasteiger partial charge in [0.05, 0.1) is 0 Å². The first-order valence-corrected chi connectivity index (χ1v) is 8.57. The third kappa shape index (κ3) is 4.02.